The molecule has 0 saturated carbocycles. The van der Waals surface area contributed by atoms with Gasteiger partial charge in [0, 0.05) is 25.4 Å². The Morgan fingerprint density at radius 2 is 1.57 bits per heavy atom. The minimum atomic E-state index is 1.08. The number of benzene rings is 2. The van der Waals surface area contributed by atoms with Crippen molar-refractivity contribution in [3.05, 3.63) is 57.9 Å². The summed E-state index contributed by atoms with van der Waals surface area (Å²) in [6.07, 6.45) is 2.09. The monoisotopic (exact) mass is 375 g/mol. The SMILES string of the molecule is CSc1ccc(-c2nc(-c3ccc(Br)cc3)c(C)s2)cc1. The molecular formula is C17H14BrNS2. The van der Waals surface area contributed by atoms with Crippen molar-refractivity contribution < 1.29 is 0 Å². The van der Waals surface area contributed by atoms with E-state index in [1.165, 1.54) is 20.9 Å². The highest BCUT2D eigenvalue weighted by molar-refractivity contribution is 9.10. The molecule has 0 saturated heterocycles. The number of rotatable bonds is 3. The normalized spacial score (nSPS) is 10.8. The maximum atomic E-state index is 4.83. The summed E-state index contributed by atoms with van der Waals surface area (Å²) >= 11 is 6.98. The first kappa shape index (κ1) is 14.8. The minimum absolute atomic E-state index is 1.08. The van der Waals surface area contributed by atoms with Gasteiger partial charge in [0.25, 0.3) is 0 Å². The molecule has 1 heterocycles. The zero-order valence-electron chi connectivity index (χ0n) is 11.8. The van der Waals surface area contributed by atoms with Crippen LogP contribution < -0.4 is 0 Å². The highest BCUT2D eigenvalue weighted by Gasteiger charge is 2.11. The molecule has 0 spiro atoms. The number of hydrogen-bond acceptors (Lipinski definition) is 3. The lowest BCUT2D eigenvalue weighted by atomic mass is 10.1. The Balaban J connectivity index is 1.98. The molecule has 0 aliphatic carbocycles. The average molecular weight is 376 g/mol. The van der Waals surface area contributed by atoms with Gasteiger partial charge in [-0.25, -0.2) is 4.98 Å². The number of hydrogen-bond donors (Lipinski definition) is 0. The molecule has 0 radical (unpaired) electrons. The van der Waals surface area contributed by atoms with E-state index >= 15 is 0 Å². The number of nitrogens with zero attached hydrogens (tertiary/aromatic N) is 1. The van der Waals surface area contributed by atoms with Gasteiger partial charge in [-0.2, -0.15) is 0 Å². The summed E-state index contributed by atoms with van der Waals surface area (Å²) in [4.78, 5) is 7.36. The van der Waals surface area contributed by atoms with Crippen LogP contribution in [0.1, 0.15) is 4.88 Å². The first-order valence-electron chi connectivity index (χ1n) is 6.55. The molecule has 0 unspecified atom stereocenters. The van der Waals surface area contributed by atoms with Gasteiger partial charge in [0.1, 0.15) is 5.01 Å². The minimum Gasteiger partial charge on any atom is -0.236 e. The zero-order chi connectivity index (χ0) is 14.8. The van der Waals surface area contributed by atoms with Gasteiger partial charge in [-0.1, -0.05) is 40.2 Å². The summed E-state index contributed by atoms with van der Waals surface area (Å²) in [5, 5.41) is 1.08. The van der Waals surface area contributed by atoms with Gasteiger partial charge < -0.3 is 0 Å². The number of aromatic nitrogens is 1. The van der Waals surface area contributed by atoms with Crippen LogP contribution in [0.25, 0.3) is 21.8 Å². The first-order chi connectivity index (χ1) is 10.2. The fraction of sp³-hybridized carbons (Fsp3) is 0.118. The van der Waals surface area contributed by atoms with Crippen LogP contribution in [0.3, 0.4) is 0 Å². The van der Waals surface area contributed by atoms with Crippen LogP contribution >= 0.6 is 39.0 Å². The first-order valence-corrected chi connectivity index (χ1v) is 9.38. The standard InChI is InChI=1S/C17H14BrNS2/c1-11-16(12-3-7-14(18)8-4-12)19-17(21-11)13-5-9-15(20-2)10-6-13/h3-10H,1-2H3. The van der Waals surface area contributed by atoms with Crippen LogP contribution in [-0.4, -0.2) is 11.2 Å². The van der Waals surface area contributed by atoms with Crippen molar-refractivity contribution in [2.45, 2.75) is 11.8 Å². The third kappa shape index (κ3) is 3.23. The molecule has 0 amide bonds. The van der Waals surface area contributed by atoms with Crippen molar-refractivity contribution in [3.8, 4) is 21.8 Å². The highest BCUT2D eigenvalue weighted by Crippen LogP contribution is 2.34. The van der Waals surface area contributed by atoms with Crippen molar-refractivity contribution in [3.63, 3.8) is 0 Å². The molecule has 0 atom stereocenters. The Morgan fingerprint density at radius 3 is 2.19 bits per heavy atom. The molecule has 0 aliphatic rings. The maximum Gasteiger partial charge on any atom is 0.124 e. The second-order valence-corrected chi connectivity index (χ2v) is 7.66. The third-order valence-corrected chi connectivity index (χ3v) is 5.54. The molecule has 4 heteroatoms. The Morgan fingerprint density at radius 1 is 0.952 bits per heavy atom. The molecule has 3 aromatic rings. The van der Waals surface area contributed by atoms with Gasteiger partial charge in [-0.05, 0) is 37.4 Å². The summed E-state index contributed by atoms with van der Waals surface area (Å²) in [6.45, 7) is 2.13. The van der Waals surface area contributed by atoms with Crippen LogP contribution in [0.4, 0.5) is 0 Å². The quantitative estimate of drug-likeness (QED) is 0.500. The van der Waals surface area contributed by atoms with Crippen molar-refractivity contribution in [1.29, 1.82) is 0 Å². The van der Waals surface area contributed by atoms with E-state index in [0.29, 0.717) is 0 Å². The van der Waals surface area contributed by atoms with Crippen LogP contribution in [0, 0.1) is 6.92 Å². The predicted octanol–water partition coefficient (Wildman–Crippen LogP) is 6.27. The summed E-state index contributed by atoms with van der Waals surface area (Å²) in [6, 6.07) is 16.9. The predicted molar refractivity (Wildman–Crippen MR) is 97.2 cm³/mol. The second-order valence-electron chi connectivity index (χ2n) is 4.66. The Bertz CT molecular complexity index is 745. The van der Waals surface area contributed by atoms with Gasteiger partial charge in [0.05, 0.1) is 5.69 Å². The topological polar surface area (TPSA) is 12.9 Å². The largest absolute Gasteiger partial charge is 0.236 e. The van der Waals surface area contributed by atoms with Gasteiger partial charge >= 0.3 is 0 Å². The fourth-order valence-electron chi connectivity index (χ4n) is 2.13. The van der Waals surface area contributed by atoms with E-state index in [-0.39, 0.29) is 0 Å². The number of halogens is 1. The van der Waals surface area contributed by atoms with Crippen molar-refractivity contribution >= 4 is 39.0 Å². The summed E-state index contributed by atoms with van der Waals surface area (Å²) in [5.74, 6) is 0. The summed E-state index contributed by atoms with van der Waals surface area (Å²) in [7, 11) is 0. The molecule has 1 nitrogen and oxygen atoms in total. The molecule has 2 aromatic carbocycles. The lowest BCUT2D eigenvalue weighted by molar-refractivity contribution is 1.36. The van der Waals surface area contributed by atoms with Crippen molar-refractivity contribution in [2.24, 2.45) is 0 Å². The molecular weight excluding hydrogens is 362 g/mol. The van der Waals surface area contributed by atoms with Gasteiger partial charge in [-0.15, -0.1) is 23.1 Å². The van der Waals surface area contributed by atoms with E-state index in [1.54, 1.807) is 23.1 Å². The fourth-order valence-corrected chi connectivity index (χ4v) is 3.74. The summed E-state index contributed by atoms with van der Waals surface area (Å²) < 4.78 is 1.09. The average Bonchev–Trinajstić information content (AvgIpc) is 2.90. The molecule has 3 rings (SSSR count). The van der Waals surface area contributed by atoms with E-state index in [0.717, 1.165) is 15.2 Å². The lowest BCUT2D eigenvalue weighted by Crippen LogP contribution is -1.81. The molecule has 0 fully saturated rings. The van der Waals surface area contributed by atoms with Crippen LogP contribution in [0.2, 0.25) is 0 Å². The maximum absolute atomic E-state index is 4.83. The van der Waals surface area contributed by atoms with Gasteiger partial charge in [0.15, 0.2) is 0 Å². The number of thioether (sulfide) groups is 1. The summed E-state index contributed by atoms with van der Waals surface area (Å²) in [5.41, 5.74) is 3.43. The Labute approximate surface area is 141 Å². The van der Waals surface area contributed by atoms with E-state index in [1.807, 2.05) is 0 Å². The highest BCUT2D eigenvalue weighted by atomic mass is 79.9. The van der Waals surface area contributed by atoms with E-state index < -0.39 is 0 Å². The molecule has 0 aliphatic heterocycles. The molecule has 21 heavy (non-hydrogen) atoms. The van der Waals surface area contributed by atoms with Crippen LogP contribution in [0.5, 0.6) is 0 Å². The van der Waals surface area contributed by atoms with E-state index in [9.17, 15) is 0 Å². The van der Waals surface area contributed by atoms with Crippen molar-refractivity contribution in [1.82, 2.24) is 4.98 Å². The van der Waals surface area contributed by atoms with Crippen LogP contribution in [-0.2, 0) is 0 Å². The Kier molecular flexibility index (Phi) is 4.48. The third-order valence-electron chi connectivity index (χ3n) is 3.25. The van der Waals surface area contributed by atoms with E-state index in [2.05, 4.69) is 77.6 Å². The van der Waals surface area contributed by atoms with Gasteiger partial charge in [0.2, 0.25) is 0 Å². The molecule has 1 aromatic heterocycles. The van der Waals surface area contributed by atoms with Crippen molar-refractivity contribution in [2.75, 3.05) is 6.26 Å². The smallest absolute Gasteiger partial charge is 0.124 e. The second kappa shape index (κ2) is 6.34. The van der Waals surface area contributed by atoms with E-state index in [4.69, 9.17) is 4.98 Å². The molecule has 106 valence electrons. The number of thiazole rings is 1. The van der Waals surface area contributed by atoms with Crippen LogP contribution in [0.15, 0.2) is 57.9 Å². The molecule has 0 bridgehead atoms. The zero-order valence-corrected chi connectivity index (χ0v) is 15.0. The lowest BCUT2D eigenvalue weighted by Gasteiger charge is -1.99. The van der Waals surface area contributed by atoms with Gasteiger partial charge in [-0.3, -0.25) is 0 Å². The Hall–Kier alpha value is -1.10. The number of aryl methyl sites for hydroxylation is 1. The molecule has 0 N–H and O–H groups in total.